The maximum absolute atomic E-state index is 12.8. The van der Waals surface area contributed by atoms with Crippen molar-refractivity contribution in [1.29, 1.82) is 0 Å². The van der Waals surface area contributed by atoms with Crippen molar-refractivity contribution in [1.82, 2.24) is 15.6 Å². The van der Waals surface area contributed by atoms with E-state index in [1.54, 1.807) is 12.1 Å². The minimum absolute atomic E-state index is 0.101. The second kappa shape index (κ2) is 12.1. The first-order valence-electron chi connectivity index (χ1n) is 10.9. The molecule has 7 nitrogen and oxygen atoms in total. The van der Waals surface area contributed by atoms with E-state index in [-0.39, 0.29) is 12.3 Å². The van der Waals surface area contributed by atoms with Gasteiger partial charge in [-0.2, -0.15) is 8.78 Å². The number of alkyl halides is 2. The van der Waals surface area contributed by atoms with Crippen LogP contribution in [0.2, 0.25) is 0 Å². The standard InChI is InChI=1S/C23H31F2N5O2/c1-3-26-23(29-16-18-14-19(31-2)7-8-20(18)32-22(24)25)28-15-17-9-10-27-21(13-17)30-11-5-4-6-12-30/h7-10,13-14,22H,3-6,11-12,15-16H2,1-2H3,(H2,26,28,29). The molecule has 0 saturated carbocycles. The number of aliphatic imine (C=N–C) groups is 1. The monoisotopic (exact) mass is 447 g/mol. The van der Waals surface area contributed by atoms with Gasteiger partial charge in [0.25, 0.3) is 0 Å². The molecule has 1 aliphatic rings. The van der Waals surface area contributed by atoms with Crippen LogP contribution in [0, 0.1) is 0 Å². The lowest BCUT2D eigenvalue weighted by atomic mass is 10.1. The Morgan fingerprint density at radius 1 is 1.16 bits per heavy atom. The molecule has 0 atom stereocenters. The summed E-state index contributed by atoms with van der Waals surface area (Å²) < 4.78 is 35.4. The third-order valence-electron chi connectivity index (χ3n) is 5.18. The van der Waals surface area contributed by atoms with Crippen molar-refractivity contribution < 1.29 is 18.3 Å². The van der Waals surface area contributed by atoms with Crippen molar-refractivity contribution in [3.05, 3.63) is 47.7 Å². The summed E-state index contributed by atoms with van der Waals surface area (Å²) in [6, 6.07) is 8.77. The molecule has 2 aromatic rings. The lowest BCUT2D eigenvalue weighted by Gasteiger charge is -2.27. The van der Waals surface area contributed by atoms with E-state index in [4.69, 9.17) is 4.74 Å². The fourth-order valence-corrected chi connectivity index (χ4v) is 3.58. The number of aromatic nitrogens is 1. The third kappa shape index (κ3) is 6.96. The highest BCUT2D eigenvalue weighted by Crippen LogP contribution is 2.25. The van der Waals surface area contributed by atoms with Crippen LogP contribution < -0.4 is 25.0 Å². The molecule has 1 fully saturated rings. The van der Waals surface area contributed by atoms with Crippen LogP contribution in [0.5, 0.6) is 11.5 Å². The highest BCUT2D eigenvalue weighted by atomic mass is 19.3. The molecule has 9 heteroatoms. The maximum Gasteiger partial charge on any atom is 0.387 e. The number of rotatable bonds is 9. The molecular weight excluding hydrogens is 416 g/mol. The van der Waals surface area contributed by atoms with E-state index in [0.29, 0.717) is 30.4 Å². The number of hydrogen-bond donors (Lipinski definition) is 2. The molecule has 0 unspecified atom stereocenters. The van der Waals surface area contributed by atoms with Crippen LogP contribution in [0.1, 0.15) is 37.3 Å². The molecule has 3 rings (SSSR count). The number of nitrogens with one attached hydrogen (secondary N) is 2. The number of benzene rings is 1. The summed E-state index contributed by atoms with van der Waals surface area (Å²) in [5, 5.41) is 6.37. The first-order chi connectivity index (χ1) is 15.6. The van der Waals surface area contributed by atoms with Gasteiger partial charge < -0.3 is 25.0 Å². The summed E-state index contributed by atoms with van der Waals surface area (Å²) in [4.78, 5) is 11.5. The zero-order chi connectivity index (χ0) is 22.8. The third-order valence-corrected chi connectivity index (χ3v) is 5.18. The Morgan fingerprint density at radius 3 is 2.69 bits per heavy atom. The van der Waals surface area contributed by atoms with Crippen LogP contribution in [0.25, 0.3) is 0 Å². The maximum atomic E-state index is 12.8. The zero-order valence-corrected chi connectivity index (χ0v) is 18.6. The Balaban J connectivity index is 1.68. The van der Waals surface area contributed by atoms with Crippen molar-refractivity contribution in [2.75, 3.05) is 31.6 Å². The van der Waals surface area contributed by atoms with Gasteiger partial charge in [0.05, 0.1) is 13.7 Å². The van der Waals surface area contributed by atoms with Gasteiger partial charge in [0.1, 0.15) is 17.3 Å². The lowest BCUT2D eigenvalue weighted by molar-refractivity contribution is -0.0504. The topological polar surface area (TPSA) is 71.0 Å². The number of nitrogens with zero attached hydrogens (tertiary/aromatic N) is 3. The van der Waals surface area contributed by atoms with Gasteiger partial charge in [-0.1, -0.05) is 0 Å². The summed E-state index contributed by atoms with van der Waals surface area (Å²) in [6.45, 7) is 2.53. The largest absolute Gasteiger partial charge is 0.497 e. The summed E-state index contributed by atoms with van der Waals surface area (Å²) in [5.41, 5.74) is 1.60. The van der Waals surface area contributed by atoms with Crippen molar-refractivity contribution in [3.63, 3.8) is 0 Å². The van der Waals surface area contributed by atoms with Gasteiger partial charge in [-0.15, -0.1) is 0 Å². The van der Waals surface area contributed by atoms with E-state index in [1.807, 2.05) is 19.2 Å². The van der Waals surface area contributed by atoms with Gasteiger partial charge in [0.2, 0.25) is 0 Å². The van der Waals surface area contributed by atoms with Crippen LogP contribution in [-0.4, -0.2) is 44.3 Å². The molecule has 1 aromatic carbocycles. The summed E-state index contributed by atoms with van der Waals surface area (Å²) in [5.74, 6) is 2.23. The van der Waals surface area contributed by atoms with Crippen LogP contribution >= 0.6 is 0 Å². The second-order valence-electron chi connectivity index (χ2n) is 7.47. The molecule has 1 aliphatic heterocycles. The molecule has 0 amide bonds. The minimum atomic E-state index is -2.90. The average Bonchev–Trinajstić information content (AvgIpc) is 2.82. The predicted octanol–water partition coefficient (Wildman–Crippen LogP) is 3.94. The Labute approximate surface area is 187 Å². The van der Waals surface area contributed by atoms with E-state index in [2.05, 4.69) is 36.3 Å². The highest BCUT2D eigenvalue weighted by molar-refractivity contribution is 5.79. The smallest absolute Gasteiger partial charge is 0.387 e. The normalized spacial score (nSPS) is 14.4. The number of anilines is 1. The Bertz CT molecular complexity index is 888. The fourth-order valence-electron chi connectivity index (χ4n) is 3.58. The number of methoxy groups -OCH3 is 1. The van der Waals surface area contributed by atoms with Crippen molar-refractivity contribution >= 4 is 11.8 Å². The first kappa shape index (κ1) is 23.6. The molecule has 32 heavy (non-hydrogen) atoms. The molecule has 2 heterocycles. The molecule has 1 saturated heterocycles. The Kier molecular flexibility index (Phi) is 8.89. The van der Waals surface area contributed by atoms with Gasteiger partial charge in [-0.3, -0.25) is 0 Å². The Morgan fingerprint density at radius 2 is 1.97 bits per heavy atom. The molecule has 0 aliphatic carbocycles. The van der Waals surface area contributed by atoms with Crippen molar-refractivity contribution in [2.24, 2.45) is 4.99 Å². The predicted molar refractivity (Wildman–Crippen MR) is 122 cm³/mol. The molecule has 0 bridgehead atoms. The van der Waals surface area contributed by atoms with Crippen LogP contribution in [0.15, 0.2) is 41.5 Å². The van der Waals surface area contributed by atoms with E-state index < -0.39 is 6.61 Å². The average molecular weight is 448 g/mol. The number of halogens is 2. The van der Waals surface area contributed by atoms with Crippen molar-refractivity contribution in [3.8, 4) is 11.5 Å². The second-order valence-corrected chi connectivity index (χ2v) is 7.47. The van der Waals surface area contributed by atoms with E-state index in [0.717, 1.165) is 24.5 Å². The zero-order valence-electron chi connectivity index (χ0n) is 18.6. The van der Waals surface area contributed by atoms with Crippen LogP contribution in [0.3, 0.4) is 0 Å². The molecule has 174 valence electrons. The molecule has 0 spiro atoms. The highest BCUT2D eigenvalue weighted by Gasteiger charge is 2.13. The fraction of sp³-hybridized carbons (Fsp3) is 0.478. The van der Waals surface area contributed by atoms with Gasteiger partial charge in [0.15, 0.2) is 5.96 Å². The number of piperidine rings is 1. The van der Waals surface area contributed by atoms with E-state index in [9.17, 15) is 8.78 Å². The van der Waals surface area contributed by atoms with E-state index >= 15 is 0 Å². The Hall–Kier alpha value is -3.10. The number of ether oxygens (including phenoxy) is 2. The van der Waals surface area contributed by atoms with Gasteiger partial charge in [0, 0.05) is 37.9 Å². The molecule has 2 N–H and O–H groups in total. The molecular formula is C23H31F2N5O2. The first-order valence-corrected chi connectivity index (χ1v) is 10.9. The summed E-state index contributed by atoms with van der Waals surface area (Å²) >= 11 is 0. The molecule has 1 aromatic heterocycles. The van der Waals surface area contributed by atoms with E-state index in [1.165, 1.54) is 32.4 Å². The molecule has 0 radical (unpaired) electrons. The lowest BCUT2D eigenvalue weighted by Crippen LogP contribution is -2.37. The number of pyridine rings is 1. The minimum Gasteiger partial charge on any atom is -0.497 e. The van der Waals surface area contributed by atoms with Crippen molar-refractivity contribution in [2.45, 2.75) is 45.9 Å². The quantitative estimate of drug-likeness (QED) is 0.448. The van der Waals surface area contributed by atoms with Crippen LogP contribution in [0.4, 0.5) is 14.6 Å². The summed E-state index contributed by atoms with van der Waals surface area (Å²) in [6.07, 6.45) is 5.48. The SMILES string of the molecule is CCNC(=NCc1ccnc(N2CCCCC2)c1)NCc1cc(OC)ccc1OC(F)F. The summed E-state index contributed by atoms with van der Waals surface area (Å²) in [7, 11) is 1.53. The van der Waals surface area contributed by atoms with Gasteiger partial charge in [-0.25, -0.2) is 9.98 Å². The van der Waals surface area contributed by atoms with Gasteiger partial charge in [-0.05, 0) is 62.1 Å². The van der Waals surface area contributed by atoms with Gasteiger partial charge >= 0.3 is 6.61 Å². The number of guanidine groups is 1. The van der Waals surface area contributed by atoms with Crippen LogP contribution in [-0.2, 0) is 13.1 Å². The number of hydrogen-bond acceptors (Lipinski definition) is 5.